The molecule has 1 amide bonds. The van der Waals surface area contributed by atoms with Gasteiger partial charge in [0, 0.05) is 24.0 Å². The standard InChI is InChI=1S/C12H11N5O/c13-11(9-3-6-14-7-4-9)16-17-12(18)10-2-1-5-15-8-10/h1-8H,(H2,13,16)(H,17,18)/p+1. The summed E-state index contributed by atoms with van der Waals surface area (Å²) in [6.07, 6.45) is 6.50. The molecule has 2 aromatic rings. The zero-order valence-electron chi connectivity index (χ0n) is 9.50. The second-order valence-electron chi connectivity index (χ2n) is 3.47. The Balaban J connectivity index is 2.05. The first-order valence-corrected chi connectivity index (χ1v) is 5.27. The molecule has 0 radical (unpaired) electrons. The fraction of sp³-hybridized carbons (Fsp3) is 0. The summed E-state index contributed by atoms with van der Waals surface area (Å²) in [4.78, 5) is 18.4. The van der Waals surface area contributed by atoms with E-state index < -0.39 is 0 Å². The Labute approximate surface area is 104 Å². The molecule has 6 heteroatoms. The summed E-state index contributed by atoms with van der Waals surface area (Å²) in [6.45, 7) is 0. The number of amides is 1. The first-order valence-electron chi connectivity index (χ1n) is 5.27. The normalized spacial score (nSPS) is 11.0. The second kappa shape index (κ2) is 5.53. The molecule has 0 aliphatic heterocycles. The highest BCUT2D eigenvalue weighted by Gasteiger charge is 2.06. The van der Waals surface area contributed by atoms with E-state index in [1.165, 1.54) is 0 Å². The van der Waals surface area contributed by atoms with Gasteiger partial charge in [-0.1, -0.05) is 0 Å². The number of hydrogen-bond acceptors (Lipinski definition) is 3. The molecule has 0 saturated carbocycles. The minimum absolute atomic E-state index is 0.227. The van der Waals surface area contributed by atoms with Crippen molar-refractivity contribution in [3.05, 3.63) is 60.2 Å². The molecule has 0 unspecified atom stereocenters. The zero-order chi connectivity index (χ0) is 12.8. The van der Waals surface area contributed by atoms with E-state index in [1.807, 2.05) is 0 Å². The molecule has 0 aromatic carbocycles. The molecule has 2 heterocycles. The highest BCUT2D eigenvalue weighted by molar-refractivity contribution is 5.99. The fourth-order valence-electron chi connectivity index (χ4n) is 1.30. The van der Waals surface area contributed by atoms with Crippen molar-refractivity contribution in [2.24, 2.45) is 10.8 Å². The SMILES string of the molecule is NC(=NNC(=O)c1ccc[nH+]c1)c1ccncc1. The van der Waals surface area contributed by atoms with Gasteiger partial charge in [-0.2, -0.15) is 5.10 Å². The van der Waals surface area contributed by atoms with Crippen LogP contribution >= 0.6 is 0 Å². The first-order chi connectivity index (χ1) is 8.77. The van der Waals surface area contributed by atoms with Crippen LogP contribution < -0.4 is 16.1 Å². The minimum atomic E-state index is -0.330. The van der Waals surface area contributed by atoms with Gasteiger partial charge in [0.1, 0.15) is 5.56 Å². The van der Waals surface area contributed by atoms with Crippen molar-refractivity contribution in [2.45, 2.75) is 0 Å². The van der Waals surface area contributed by atoms with Crippen molar-refractivity contribution >= 4 is 11.7 Å². The van der Waals surface area contributed by atoms with Crippen molar-refractivity contribution < 1.29 is 9.78 Å². The predicted molar refractivity (Wildman–Crippen MR) is 65.4 cm³/mol. The number of rotatable bonds is 3. The van der Waals surface area contributed by atoms with Gasteiger partial charge in [0.2, 0.25) is 0 Å². The van der Waals surface area contributed by atoms with Gasteiger partial charge in [0.15, 0.2) is 18.2 Å². The van der Waals surface area contributed by atoms with E-state index in [4.69, 9.17) is 5.73 Å². The fourth-order valence-corrected chi connectivity index (χ4v) is 1.30. The highest BCUT2D eigenvalue weighted by Crippen LogP contribution is 1.96. The van der Waals surface area contributed by atoms with E-state index in [9.17, 15) is 4.79 Å². The number of H-pyrrole nitrogens is 1. The number of nitrogens with two attached hydrogens (primary N) is 1. The molecule has 2 rings (SSSR count). The van der Waals surface area contributed by atoms with Gasteiger partial charge in [-0.15, -0.1) is 0 Å². The smallest absolute Gasteiger partial charge is 0.277 e. The van der Waals surface area contributed by atoms with Gasteiger partial charge in [-0.3, -0.25) is 9.78 Å². The number of pyridine rings is 2. The topological polar surface area (TPSA) is 94.5 Å². The Kier molecular flexibility index (Phi) is 3.60. The van der Waals surface area contributed by atoms with Crippen LogP contribution in [0, 0.1) is 0 Å². The van der Waals surface area contributed by atoms with Gasteiger partial charge in [-0.05, 0) is 18.2 Å². The monoisotopic (exact) mass is 242 g/mol. The van der Waals surface area contributed by atoms with Crippen molar-refractivity contribution in [3.8, 4) is 0 Å². The van der Waals surface area contributed by atoms with Gasteiger partial charge >= 0.3 is 0 Å². The molecule has 0 atom stereocenters. The number of hydrazone groups is 1. The molecule has 0 fully saturated rings. The van der Waals surface area contributed by atoms with E-state index in [0.717, 1.165) is 0 Å². The number of aromatic amines is 1. The van der Waals surface area contributed by atoms with E-state index in [-0.39, 0.29) is 11.7 Å². The van der Waals surface area contributed by atoms with E-state index in [0.29, 0.717) is 11.1 Å². The third-order valence-electron chi connectivity index (χ3n) is 2.22. The second-order valence-corrected chi connectivity index (χ2v) is 3.47. The molecular formula is C12H12N5O+. The maximum Gasteiger partial charge on any atom is 0.277 e. The maximum atomic E-state index is 11.7. The van der Waals surface area contributed by atoms with E-state index in [1.54, 1.807) is 49.1 Å². The lowest BCUT2D eigenvalue weighted by Crippen LogP contribution is -2.24. The Morgan fingerprint density at radius 1 is 1.28 bits per heavy atom. The van der Waals surface area contributed by atoms with Crippen LogP contribution in [-0.4, -0.2) is 16.7 Å². The van der Waals surface area contributed by atoms with Gasteiger partial charge in [0.25, 0.3) is 5.91 Å². The average molecular weight is 242 g/mol. The lowest BCUT2D eigenvalue weighted by Gasteiger charge is -2.01. The lowest BCUT2D eigenvalue weighted by molar-refractivity contribution is -0.378. The summed E-state index contributed by atoms with van der Waals surface area (Å²) in [7, 11) is 0. The molecule has 4 N–H and O–H groups in total. The number of carbonyl (C=O) groups is 1. The van der Waals surface area contributed by atoms with Crippen LogP contribution in [0.1, 0.15) is 15.9 Å². The Morgan fingerprint density at radius 2 is 2.06 bits per heavy atom. The van der Waals surface area contributed by atoms with Crippen LogP contribution in [-0.2, 0) is 0 Å². The minimum Gasteiger partial charge on any atom is -0.382 e. The predicted octanol–water partition coefficient (Wildman–Crippen LogP) is -0.0540. The van der Waals surface area contributed by atoms with Gasteiger partial charge in [0.05, 0.1) is 0 Å². The maximum absolute atomic E-state index is 11.7. The summed E-state index contributed by atoms with van der Waals surface area (Å²) in [5, 5.41) is 3.82. The van der Waals surface area contributed by atoms with Crippen LogP contribution in [0.2, 0.25) is 0 Å². The lowest BCUT2D eigenvalue weighted by atomic mass is 10.2. The molecule has 90 valence electrons. The summed E-state index contributed by atoms with van der Waals surface area (Å²) in [5.41, 5.74) is 9.28. The zero-order valence-corrected chi connectivity index (χ0v) is 9.50. The van der Waals surface area contributed by atoms with Crippen molar-refractivity contribution in [3.63, 3.8) is 0 Å². The number of amidine groups is 1. The highest BCUT2D eigenvalue weighted by atomic mass is 16.2. The number of hydrogen-bond donors (Lipinski definition) is 2. The van der Waals surface area contributed by atoms with Crippen molar-refractivity contribution in [1.82, 2.24) is 10.4 Å². The van der Waals surface area contributed by atoms with E-state index in [2.05, 4.69) is 20.5 Å². The van der Waals surface area contributed by atoms with Crippen LogP contribution in [0.15, 0.2) is 54.2 Å². The summed E-state index contributed by atoms with van der Waals surface area (Å²) < 4.78 is 0. The number of nitrogens with zero attached hydrogens (tertiary/aromatic N) is 2. The molecule has 6 nitrogen and oxygen atoms in total. The van der Waals surface area contributed by atoms with Crippen molar-refractivity contribution in [2.75, 3.05) is 0 Å². The number of aromatic nitrogens is 2. The van der Waals surface area contributed by atoms with Crippen LogP contribution in [0.3, 0.4) is 0 Å². The molecule has 0 saturated heterocycles. The third kappa shape index (κ3) is 2.88. The van der Waals surface area contributed by atoms with Crippen LogP contribution in [0.25, 0.3) is 0 Å². The first kappa shape index (κ1) is 11.7. The average Bonchev–Trinajstić information content (AvgIpc) is 2.46. The molecule has 18 heavy (non-hydrogen) atoms. The molecule has 0 spiro atoms. The summed E-state index contributed by atoms with van der Waals surface area (Å²) in [5.74, 6) is -0.102. The molecule has 0 bridgehead atoms. The van der Waals surface area contributed by atoms with Gasteiger partial charge in [-0.25, -0.2) is 10.4 Å². The van der Waals surface area contributed by atoms with Crippen LogP contribution in [0.4, 0.5) is 0 Å². The Hall–Kier alpha value is -2.76. The largest absolute Gasteiger partial charge is 0.382 e. The third-order valence-corrected chi connectivity index (χ3v) is 2.22. The molecule has 0 aliphatic carbocycles. The number of nitrogens with one attached hydrogen (secondary N) is 2. The summed E-state index contributed by atoms with van der Waals surface area (Å²) in [6, 6.07) is 6.82. The Morgan fingerprint density at radius 3 is 2.72 bits per heavy atom. The molecule has 2 aromatic heterocycles. The quantitative estimate of drug-likeness (QED) is 0.448. The van der Waals surface area contributed by atoms with Crippen LogP contribution in [0.5, 0.6) is 0 Å². The molecule has 0 aliphatic rings. The van der Waals surface area contributed by atoms with E-state index >= 15 is 0 Å². The summed E-state index contributed by atoms with van der Waals surface area (Å²) >= 11 is 0. The van der Waals surface area contributed by atoms with Gasteiger partial charge < -0.3 is 5.73 Å². The number of carbonyl (C=O) groups excluding carboxylic acids is 1. The van der Waals surface area contributed by atoms with Crippen molar-refractivity contribution in [1.29, 1.82) is 0 Å². The molecular weight excluding hydrogens is 230 g/mol. The Bertz CT molecular complexity index is 553.